The topological polar surface area (TPSA) is 50.2 Å². The number of aromatic nitrogens is 1. The van der Waals surface area contributed by atoms with Crippen molar-refractivity contribution >= 4 is 52.6 Å². The average molecular weight is 290 g/mol. The molecule has 90 valence electrons. The number of carboxylic acids is 1. The fourth-order valence-electron chi connectivity index (χ4n) is 1.36. The van der Waals surface area contributed by atoms with Crippen LogP contribution in [-0.4, -0.2) is 21.8 Å². The maximum absolute atomic E-state index is 10.5. The molecule has 0 saturated carbocycles. The predicted octanol–water partition coefficient (Wildman–Crippen LogP) is 3.49. The van der Waals surface area contributed by atoms with Gasteiger partial charge in [-0.3, -0.25) is 9.78 Å². The number of fused-ring (bicyclic) bond motifs is 1. The number of pyridine rings is 1. The van der Waals surface area contributed by atoms with Crippen molar-refractivity contribution in [2.45, 2.75) is 4.90 Å². The van der Waals surface area contributed by atoms with E-state index < -0.39 is 5.97 Å². The molecule has 0 saturated heterocycles. The van der Waals surface area contributed by atoms with Gasteiger partial charge < -0.3 is 5.11 Å². The van der Waals surface area contributed by atoms with Crippen molar-refractivity contribution in [1.29, 1.82) is 0 Å². The smallest absolute Gasteiger partial charge is 0.313 e. The third kappa shape index (κ3) is 3.49. The Morgan fingerprint density at radius 2 is 2.18 bits per heavy atom. The largest absolute Gasteiger partial charge is 0.481 e. The minimum absolute atomic E-state index is 0. The SMILES string of the molecule is Cl.O=C(O)CSc1ccnc2cc(Cl)ccc12. The number of carbonyl (C=O) groups is 1. The first-order valence-electron chi connectivity index (χ1n) is 4.55. The summed E-state index contributed by atoms with van der Waals surface area (Å²) >= 11 is 7.14. The normalized spacial score (nSPS) is 9.94. The zero-order valence-electron chi connectivity index (χ0n) is 8.59. The molecule has 0 radical (unpaired) electrons. The van der Waals surface area contributed by atoms with Crippen molar-refractivity contribution in [3.05, 3.63) is 35.5 Å². The minimum atomic E-state index is -0.830. The molecule has 1 aromatic heterocycles. The van der Waals surface area contributed by atoms with Gasteiger partial charge in [0.15, 0.2) is 0 Å². The Morgan fingerprint density at radius 1 is 1.41 bits per heavy atom. The van der Waals surface area contributed by atoms with Gasteiger partial charge in [-0.05, 0) is 18.2 Å². The molecule has 1 heterocycles. The molecule has 0 aliphatic heterocycles. The van der Waals surface area contributed by atoms with E-state index in [0.717, 1.165) is 15.8 Å². The zero-order valence-corrected chi connectivity index (χ0v) is 11.0. The number of thioether (sulfide) groups is 1. The first kappa shape index (κ1) is 14.1. The van der Waals surface area contributed by atoms with Gasteiger partial charge in [0.2, 0.25) is 0 Å². The average Bonchev–Trinajstić information content (AvgIpc) is 2.25. The monoisotopic (exact) mass is 289 g/mol. The zero-order chi connectivity index (χ0) is 11.5. The first-order valence-corrected chi connectivity index (χ1v) is 5.92. The van der Waals surface area contributed by atoms with Crippen molar-refractivity contribution in [2.75, 3.05) is 5.75 Å². The van der Waals surface area contributed by atoms with E-state index in [4.69, 9.17) is 16.7 Å². The van der Waals surface area contributed by atoms with Crippen LogP contribution in [0.1, 0.15) is 0 Å². The van der Waals surface area contributed by atoms with Gasteiger partial charge in [0.1, 0.15) is 0 Å². The van der Waals surface area contributed by atoms with Gasteiger partial charge in [-0.15, -0.1) is 24.2 Å². The molecular formula is C11H9Cl2NO2S. The molecule has 3 nitrogen and oxygen atoms in total. The molecule has 0 unspecified atom stereocenters. The quantitative estimate of drug-likeness (QED) is 0.879. The van der Waals surface area contributed by atoms with Crippen LogP contribution in [0.25, 0.3) is 10.9 Å². The standard InChI is InChI=1S/C11H8ClNO2S.ClH/c12-7-1-2-8-9(5-7)13-4-3-10(8)16-6-11(14)15;/h1-5H,6H2,(H,14,15);1H. The molecule has 0 atom stereocenters. The second-order valence-electron chi connectivity index (χ2n) is 3.15. The Kier molecular flexibility index (Phi) is 5.05. The summed E-state index contributed by atoms with van der Waals surface area (Å²) in [6.45, 7) is 0. The molecule has 6 heteroatoms. The maximum atomic E-state index is 10.5. The summed E-state index contributed by atoms with van der Waals surface area (Å²) in [7, 11) is 0. The molecular weight excluding hydrogens is 281 g/mol. The summed E-state index contributed by atoms with van der Waals surface area (Å²) in [5.41, 5.74) is 0.780. The second kappa shape index (κ2) is 6.10. The van der Waals surface area contributed by atoms with E-state index in [1.165, 1.54) is 11.8 Å². The van der Waals surface area contributed by atoms with E-state index >= 15 is 0 Å². The molecule has 2 aromatic rings. The highest BCUT2D eigenvalue weighted by atomic mass is 35.5. The molecule has 0 aliphatic carbocycles. The fourth-order valence-corrected chi connectivity index (χ4v) is 2.29. The van der Waals surface area contributed by atoms with Crippen LogP contribution in [0.2, 0.25) is 5.02 Å². The Balaban J connectivity index is 0.00000144. The third-order valence-corrected chi connectivity index (χ3v) is 3.31. The van der Waals surface area contributed by atoms with Crippen LogP contribution in [0.5, 0.6) is 0 Å². The van der Waals surface area contributed by atoms with E-state index in [2.05, 4.69) is 4.98 Å². The van der Waals surface area contributed by atoms with Crippen LogP contribution in [-0.2, 0) is 4.79 Å². The van der Waals surface area contributed by atoms with E-state index in [-0.39, 0.29) is 18.2 Å². The van der Waals surface area contributed by atoms with Crippen LogP contribution < -0.4 is 0 Å². The lowest BCUT2D eigenvalue weighted by Gasteiger charge is -2.04. The molecule has 1 aromatic carbocycles. The van der Waals surface area contributed by atoms with Crippen molar-refractivity contribution < 1.29 is 9.90 Å². The fraction of sp³-hybridized carbons (Fsp3) is 0.0909. The summed E-state index contributed by atoms with van der Waals surface area (Å²) < 4.78 is 0. The van der Waals surface area contributed by atoms with E-state index in [0.29, 0.717) is 5.02 Å². The Bertz CT molecular complexity index is 548. The van der Waals surface area contributed by atoms with E-state index in [1.807, 2.05) is 12.1 Å². The number of benzene rings is 1. The number of halogens is 2. The second-order valence-corrected chi connectivity index (χ2v) is 4.61. The molecule has 17 heavy (non-hydrogen) atoms. The summed E-state index contributed by atoms with van der Waals surface area (Å²) in [6.07, 6.45) is 1.66. The summed E-state index contributed by atoms with van der Waals surface area (Å²) in [5.74, 6) is -0.786. The van der Waals surface area contributed by atoms with Gasteiger partial charge in [0.05, 0.1) is 11.3 Å². The van der Waals surface area contributed by atoms with Crippen molar-refractivity contribution in [2.24, 2.45) is 0 Å². The van der Waals surface area contributed by atoms with Gasteiger partial charge >= 0.3 is 5.97 Å². The van der Waals surface area contributed by atoms with Crippen LogP contribution in [0.3, 0.4) is 0 Å². The lowest BCUT2D eigenvalue weighted by Crippen LogP contribution is -1.97. The van der Waals surface area contributed by atoms with Crippen LogP contribution in [0.15, 0.2) is 35.4 Å². The lowest BCUT2D eigenvalue weighted by atomic mass is 10.2. The van der Waals surface area contributed by atoms with Crippen LogP contribution in [0.4, 0.5) is 0 Å². The van der Waals surface area contributed by atoms with Gasteiger partial charge in [0, 0.05) is 21.5 Å². The Labute approximate surface area is 114 Å². The summed E-state index contributed by atoms with van der Waals surface area (Å²) in [5, 5.41) is 10.2. The molecule has 0 aliphatic rings. The Hall–Kier alpha value is -0.970. The molecule has 0 amide bonds. The minimum Gasteiger partial charge on any atom is -0.481 e. The number of aliphatic carboxylic acids is 1. The highest BCUT2D eigenvalue weighted by Crippen LogP contribution is 2.28. The number of carboxylic acid groups (broad SMARTS) is 1. The molecule has 1 N–H and O–H groups in total. The van der Waals surface area contributed by atoms with Gasteiger partial charge in [0.25, 0.3) is 0 Å². The van der Waals surface area contributed by atoms with Crippen molar-refractivity contribution in [3.63, 3.8) is 0 Å². The van der Waals surface area contributed by atoms with E-state index in [9.17, 15) is 4.79 Å². The molecule has 0 fully saturated rings. The van der Waals surface area contributed by atoms with Gasteiger partial charge in [-0.2, -0.15) is 0 Å². The lowest BCUT2D eigenvalue weighted by molar-refractivity contribution is -0.133. The first-order chi connectivity index (χ1) is 7.66. The van der Waals surface area contributed by atoms with E-state index in [1.54, 1.807) is 18.3 Å². The Morgan fingerprint density at radius 3 is 2.88 bits per heavy atom. The molecule has 2 rings (SSSR count). The molecule has 0 spiro atoms. The number of hydrogen-bond donors (Lipinski definition) is 1. The maximum Gasteiger partial charge on any atom is 0.313 e. The predicted molar refractivity (Wildman–Crippen MR) is 72.4 cm³/mol. The van der Waals surface area contributed by atoms with Crippen molar-refractivity contribution in [1.82, 2.24) is 4.98 Å². The van der Waals surface area contributed by atoms with Crippen LogP contribution >= 0.6 is 35.8 Å². The number of nitrogens with zero attached hydrogens (tertiary/aromatic N) is 1. The van der Waals surface area contributed by atoms with Crippen LogP contribution in [0, 0.1) is 0 Å². The summed E-state index contributed by atoms with van der Waals surface area (Å²) in [4.78, 5) is 15.6. The van der Waals surface area contributed by atoms with Crippen molar-refractivity contribution in [3.8, 4) is 0 Å². The molecule has 0 bridgehead atoms. The number of rotatable bonds is 3. The third-order valence-electron chi connectivity index (χ3n) is 2.02. The van der Waals surface area contributed by atoms with Gasteiger partial charge in [-0.1, -0.05) is 17.7 Å². The van der Waals surface area contributed by atoms with Gasteiger partial charge in [-0.25, -0.2) is 0 Å². The summed E-state index contributed by atoms with van der Waals surface area (Å²) in [6, 6.07) is 7.21. The number of hydrogen-bond acceptors (Lipinski definition) is 3. The highest BCUT2D eigenvalue weighted by Gasteiger charge is 2.05. The highest BCUT2D eigenvalue weighted by molar-refractivity contribution is 8.00.